The lowest BCUT2D eigenvalue weighted by Crippen LogP contribution is -2.36. The summed E-state index contributed by atoms with van der Waals surface area (Å²) in [6.07, 6.45) is 4.35. The van der Waals surface area contributed by atoms with Gasteiger partial charge in [0.15, 0.2) is 29.0 Å². The first-order valence-corrected chi connectivity index (χ1v) is 16.3. The number of aliphatic imine (C=N–C) groups is 1. The van der Waals surface area contributed by atoms with Gasteiger partial charge in [-0.15, -0.1) is 0 Å². The van der Waals surface area contributed by atoms with E-state index in [4.69, 9.17) is 15.2 Å². The number of guanidine groups is 1. The highest BCUT2D eigenvalue weighted by atomic mass is 16.5. The molecule has 2 aliphatic carbocycles. The van der Waals surface area contributed by atoms with Crippen molar-refractivity contribution in [1.29, 1.82) is 0 Å². The predicted molar refractivity (Wildman–Crippen MR) is 174 cm³/mol. The Morgan fingerprint density at radius 2 is 2.04 bits per heavy atom. The number of ketones is 1. The number of ether oxygens (including phenoxy) is 2. The number of carbonyl (C=O) groups excluding carboxylic acids is 1. The molecule has 9 heteroatoms. The summed E-state index contributed by atoms with van der Waals surface area (Å²) < 4.78 is 11.8. The summed E-state index contributed by atoms with van der Waals surface area (Å²) >= 11 is 0. The molecule has 2 aromatic rings. The number of nitrogens with one attached hydrogen (secondary N) is 1. The van der Waals surface area contributed by atoms with Crippen LogP contribution in [-0.2, 0) is 17.6 Å². The van der Waals surface area contributed by atoms with Gasteiger partial charge in [0.05, 0.1) is 25.4 Å². The van der Waals surface area contributed by atoms with Crippen LogP contribution >= 0.6 is 0 Å². The van der Waals surface area contributed by atoms with Crippen LogP contribution in [0.25, 0.3) is 0 Å². The average molecular weight is 618 g/mol. The molecule has 3 aliphatic rings. The molecule has 0 unspecified atom stereocenters. The van der Waals surface area contributed by atoms with Crippen LogP contribution in [-0.4, -0.2) is 60.0 Å². The molecule has 9 nitrogen and oxygen atoms in total. The number of phenolic OH excluding ortho intramolecular Hbond substituents is 2. The molecule has 0 spiro atoms. The smallest absolute Gasteiger partial charge is 0.188 e. The minimum Gasteiger partial charge on any atom is -0.504 e. The summed E-state index contributed by atoms with van der Waals surface area (Å²) in [5, 5.41) is 36.3. The van der Waals surface area contributed by atoms with Crippen LogP contribution in [0.15, 0.2) is 23.2 Å². The SMILES string of the molecule is COc1c(O)ccc2c1C#CCc1cc3c4c(c1O)OC[C@@H](CCNC(N)=NCC(C)C)[C@H]4CCC[C@H]3C[C@@H](O)CC(=O)CC2. The number of benzene rings is 2. The van der Waals surface area contributed by atoms with Gasteiger partial charge in [0, 0.05) is 49.4 Å². The fourth-order valence-corrected chi connectivity index (χ4v) is 7.10. The molecule has 0 saturated carbocycles. The largest absolute Gasteiger partial charge is 0.504 e. The maximum absolute atomic E-state index is 13.0. The van der Waals surface area contributed by atoms with E-state index in [0.29, 0.717) is 61.3 Å². The molecule has 1 aliphatic heterocycles. The van der Waals surface area contributed by atoms with E-state index in [2.05, 4.69) is 36.0 Å². The fourth-order valence-electron chi connectivity index (χ4n) is 7.10. The summed E-state index contributed by atoms with van der Waals surface area (Å²) in [7, 11) is 1.48. The number of rotatable bonds is 6. The van der Waals surface area contributed by atoms with Crippen molar-refractivity contribution in [2.75, 3.05) is 26.8 Å². The van der Waals surface area contributed by atoms with Crippen molar-refractivity contribution in [3.8, 4) is 34.8 Å². The molecule has 6 N–H and O–H groups in total. The van der Waals surface area contributed by atoms with Gasteiger partial charge in [-0.3, -0.25) is 9.79 Å². The second-order valence-electron chi connectivity index (χ2n) is 13.1. The van der Waals surface area contributed by atoms with Crippen LogP contribution in [0.3, 0.4) is 0 Å². The number of aromatic hydroxyl groups is 2. The first-order chi connectivity index (χ1) is 21.7. The minimum atomic E-state index is -0.778. The Morgan fingerprint density at radius 1 is 1.22 bits per heavy atom. The van der Waals surface area contributed by atoms with Crippen molar-refractivity contribution >= 4 is 11.7 Å². The molecule has 2 bridgehead atoms. The zero-order chi connectivity index (χ0) is 32.1. The Labute approximate surface area is 266 Å². The van der Waals surface area contributed by atoms with Gasteiger partial charge in [-0.1, -0.05) is 44.2 Å². The van der Waals surface area contributed by atoms with E-state index < -0.39 is 6.10 Å². The van der Waals surface area contributed by atoms with E-state index in [0.717, 1.165) is 42.4 Å². The maximum atomic E-state index is 13.0. The Kier molecular flexibility index (Phi) is 10.4. The van der Waals surface area contributed by atoms with E-state index in [-0.39, 0.29) is 60.0 Å². The molecule has 2 aromatic carbocycles. The molecule has 242 valence electrons. The van der Waals surface area contributed by atoms with Crippen LogP contribution in [0.4, 0.5) is 0 Å². The predicted octanol–water partition coefficient (Wildman–Crippen LogP) is 4.67. The van der Waals surface area contributed by atoms with Gasteiger partial charge in [0.25, 0.3) is 0 Å². The maximum Gasteiger partial charge on any atom is 0.188 e. The van der Waals surface area contributed by atoms with Gasteiger partial charge in [0.1, 0.15) is 5.78 Å². The lowest BCUT2D eigenvalue weighted by Gasteiger charge is -2.36. The number of phenols is 2. The molecule has 0 saturated heterocycles. The number of aliphatic hydroxyl groups is 1. The molecule has 0 amide bonds. The monoisotopic (exact) mass is 617 g/mol. The van der Waals surface area contributed by atoms with E-state index in [9.17, 15) is 20.1 Å². The molecule has 1 heterocycles. The molecular formula is C36H47N3O6. The number of hydrogen-bond acceptors (Lipinski definition) is 7. The molecular weight excluding hydrogens is 570 g/mol. The van der Waals surface area contributed by atoms with Crippen molar-refractivity contribution < 1.29 is 29.6 Å². The third-order valence-corrected chi connectivity index (χ3v) is 9.35. The Hall–Kier alpha value is -3.90. The highest BCUT2D eigenvalue weighted by Crippen LogP contribution is 2.53. The van der Waals surface area contributed by atoms with Gasteiger partial charge in [-0.25, -0.2) is 0 Å². The molecule has 0 radical (unpaired) electrons. The Bertz CT molecular complexity index is 1490. The molecule has 5 rings (SSSR count). The van der Waals surface area contributed by atoms with E-state index >= 15 is 0 Å². The standard InChI is InChI=1S/C36H47N3O6/c1-21(2)19-39-36(37)38-15-14-25-20-45-35-32-28(25)8-4-6-23-16-27(41)18-26(40)12-10-22-11-13-31(42)34(44-3)29(22)9-5-7-24(33(35)43)17-30(23)32/h11,13,17,21,23,25,27-28,41-43H,4,6-8,10,12,14-16,18-20H2,1-3H3,(H3,37,38,39)/t23-,25+,27+,28+/m0/s1. The number of Topliss-reactive ketones (excluding diaryl/α,β-unsaturated/α-hetero) is 1. The number of carbonyl (C=O) groups is 1. The molecule has 0 aromatic heterocycles. The third kappa shape index (κ3) is 7.50. The second-order valence-corrected chi connectivity index (χ2v) is 13.1. The zero-order valence-corrected chi connectivity index (χ0v) is 26.7. The summed E-state index contributed by atoms with van der Waals surface area (Å²) in [6.45, 7) is 6.04. The van der Waals surface area contributed by atoms with Crippen molar-refractivity contribution in [3.63, 3.8) is 0 Å². The summed E-state index contributed by atoms with van der Waals surface area (Å²) in [5.74, 6) is 8.53. The van der Waals surface area contributed by atoms with E-state index in [1.807, 2.05) is 6.07 Å². The number of aliphatic hydroxyl groups excluding tert-OH is 1. The number of fused-ring (bicyclic) bond motifs is 2. The second kappa shape index (κ2) is 14.5. The van der Waals surface area contributed by atoms with Gasteiger partial charge in [-0.2, -0.15) is 0 Å². The highest BCUT2D eigenvalue weighted by Gasteiger charge is 2.39. The topological polar surface area (TPSA) is 147 Å². The first kappa shape index (κ1) is 32.5. The molecule has 45 heavy (non-hydrogen) atoms. The zero-order valence-electron chi connectivity index (χ0n) is 26.7. The van der Waals surface area contributed by atoms with Crippen LogP contribution in [0.2, 0.25) is 0 Å². The van der Waals surface area contributed by atoms with Crippen molar-refractivity contribution in [3.05, 3.63) is 46.0 Å². The lowest BCUT2D eigenvalue weighted by atomic mass is 9.76. The van der Waals surface area contributed by atoms with E-state index in [1.54, 1.807) is 12.1 Å². The van der Waals surface area contributed by atoms with Crippen molar-refractivity contribution in [2.45, 2.75) is 89.6 Å². The Morgan fingerprint density at radius 3 is 2.82 bits per heavy atom. The normalized spacial score (nSPS) is 23.4. The fraction of sp³-hybridized carbons (Fsp3) is 0.556. The number of methoxy groups -OCH3 is 1. The van der Waals surface area contributed by atoms with E-state index in [1.165, 1.54) is 7.11 Å². The number of aryl methyl sites for hydroxylation is 1. The van der Waals surface area contributed by atoms with Gasteiger partial charge < -0.3 is 35.8 Å². The van der Waals surface area contributed by atoms with Gasteiger partial charge >= 0.3 is 0 Å². The van der Waals surface area contributed by atoms with Crippen molar-refractivity contribution in [2.24, 2.45) is 22.6 Å². The quantitative estimate of drug-likeness (QED) is 0.179. The number of hydrogen-bond donors (Lipinski definition) is 5. The number of nitrogens with zero attached hydrogens (tertiary/aromatic N) is 1. The van der Waals surface area contributed by atoms with Crippen LogP contribution < -0.4 is 20.5 Å². The first-order valence-electron chi connectivity index (χ1n) is 16.3. The highest BCUT2D eigenvalue weighted by molar-refractivity contribution is 5.79. The summed E-state index contributed by atoms with van der Waals surface area (Å²) in [5.41, 5.74) is 10.2. The van der Waals surface area contributed by atoms with Crippen LogP contribution in [0.5, 0.6) is 23.0 Å². The third-order valence-electron chi connectivity index (χ3n) is 9.35. The average Bonchev–Trinajstić information content (AvgIpc) is 3.18. The van der Waals surface area contributed by atoms with Crippen LogP contribution in [0.1, 0.15) is 98.4 Å². The Balaban J connectivity index is 1.50. The molecule has 4 atom stereocenters. The summed E-state index contributed by atoms with van der Waals surface area (Å²) in [6, 6.07) is 5.35. The summed E-state index contributed by atoms with van der Waals surface area (Å²) in [4.78, 5) is 17.4. The molecule has 0 fully saturated rings. The van der Waals surface area contributed by atoms with Gasteiger partial charge in [0.2, 0.25) is 0 Å². The number of nitrogens with two attached hydrogens (primary N) is 1. The van der Waals surface area contributed by atoms with Crippen LogP contribution in [0, 0.1) is 23.7 Å². The lowest BCUT2D eigenvalue weighted by molar-refractivity contribution is -0.121. The van der Waals surface area contributed by atoms with Crippen molar-refractivity contribution in [1.82, 2.24) is 5.32 Å². The van der Waals surface area contributed by atoms with Gasteiger partial charge in [-0.05, 0) is 67.1 Å². The minimum absolute atomic E-state index is 0.0182.